The molecule has 4 saturated carbocycles. The van der Waals surface area contributed by atoms with Gasteiger partial charge in [-0.2, -0.15) is 0 Å². The Morgan fingerprint density at radius 2 is 1.55 bits per heavy atom. The van der Waals surface area contributed by atoms with Crippen LogP contribution in [-0.2, 0) is 9.59 Å². The van der Waals surface area contributed by atoms with Crippen molar-refractivity contribution in [1.82, 2.24) is 15.5 Å². The van der Waals surface area contributed by atoms with Crippen molar-refractivity contribution < 1.29 is 9.59 Å². The van der Waals surface area contributed by atoms with Crippen LogP contribution < -0.4 is 10.6 Å². The second-order valence-electron chi connectivity index (χ2n) is 10.9. The molecule has 5 heteroatoms. The van der Waals surface area contributed by atoms with Gasteiger partial charge in [0, 0.05) is 12.0 Å². The average molecular weight is 424 g/mol. The van der Waals surface area contributed by atoms with Crippen LogP contribution in [-0.4, -0.2) is 42.9 Å². The molecule has 4 bridgehead atoms. The van der Waals surface area contributed by atoms with Gasteiger partial charge in [-0.15, -0.1) is 0 Å². The normalized spacial score (nSPS) is 32.7. The minimum Gasteiger partial charge on any atom is -0.353 e. The van der Waals surface area contributed by atoms with E-state index in [0.29, 0.717) is 6.54 Å². The number of hydrogen-bond acceptors (Lipinski definition) is 3. The fourth-order valence-corrected chi connectivity index (χ4v) is 7.31. The van der Waals surface area contributed by atoms with Crippen LogP contribution in [0.1, 0.15) is 68.5 Å². The van der Waals surface area contributed by atoms with Crippen LogP contribution in [0, 0.1) is 30.1 Å². The van der Waals surface area contributed by atoms with E-state index in [2.05, 4.69) is 46.7 Å². The van der Waals surface area contributed by atoms with Crippen molar-refractivity contribution in [2.24, 2.45) is 23.2 Å². The molecule has 1 heterocycles. The number of nitrogens with one attached hydrogen (secondary N) is 2. The third kappa shape index (κ3) is 4.39. The van der Waals surface area contributed by atoms with Crippen molar-refractivity contribution in [1.29, 1.82) is 0 Å². The summed E-state index contributed by atoms with van der Waals surface area (Å²) in [5.74, 6) is 2.27. The van der Waals surface area contributed by atoms with Gasteiger partial charge in [0.1, 0.15) is 0 Å². The second kappa shape index (κ2) is 8.57. The van der Waals surface area contributed by atoms with Gasteiger partial charge in [0.25, 0.3) is 0 Å². The molecule has 5 aliphatic rings. The fourth-order valence-electron chi connectivity index (χ4n) is 7.31. The van der Waals surface area contributed by atoms with Gasteiger partial charge in [-0.3, -0.25) is 14.5 Å². The Kier molecular flexibility index (Phi) is 5.80. The third-order valence-electron chi connectivity index (χ3n) is 8.47. The highest BCUT2D eigenvalue weighted by Gasteiger charge is 2.54. The van der Waals surface area contributed by atoms with E-state index in [1.165, 1.54) is 43.2 Å². The van der Waals surface area contributed by atoms with Gasteiger partial charge >= 0.3 is 0 Å². The van der Waals surface area contributed by atoms with E-state index in [-0.39, 0.29) is 29.8 Å². The summed E-state index contributed by atoms with van der Waals surface area (Å²) in [5, 5.41) is 6.12. The summed E-state index contributed by atoms with van der Waals surface area (Å²) in [6.07, 6.45) is 9.53. The number of benzene rings is 1. The van der Waals surface area contributed by atoms with E-state index < -0.39 is 0 Å². The van der Waals surface area contributed by atoms with E-state index in [9.17, 15) is 9.59 Å². The summed E-state index contributed by atoms with van der Waals surface area (Å²) in [6.45, 7) is 4.95. The average Bonchev–Trinajstić information content (AvgIpc) is 3.27. The lowest BCUT2D eigenvalue weighted by Gasteiger charge is -2.55. The molecule has 1 unspecified atom stereocenters. The molecule has 1 aromatic rings. The topological polar surface area (TPSA) is 61.4 Å². The summed E-state index contributed by atoms with van der Waals surface area (Å²) in [7, 11) is 0. The SMILES string of the molecule is Cc1ccc(C(CNC(=O)CNC(=O)C23CC4CC(CC(C4)C2)C3)N2CCCC2)cc1. The standard InChI is InChI=1S/C26H37N3O2/c1-18-4-6-22(7-5-18)23(29-8-2-3-9-29)16-27-24(30)17-28-25(31)26-13-19-10-20(14-26)12-21(11-19)15-26/h4-7,19-21,23H,2-3,8-17H2,1H3,(H,27,30)(H,28,31). The highest BCUT2D eigenvalue weighted by Crippen LogP contribution is 2.60. The predicted octanol–water partition coefficient (Wildman–Crippen LogP) is 3.58. The molecule has 5 nitrogen and oxygen atoms in total. The lowest BCUT2D eigenvalue weighted by Crippen LogP contribution is -2.54. The molecule has 6 rings (SSSR count). The van der Waals surface area contributed by atoms with Crippen molar-refractivity contribution in [2.75, 3.05) is 26.2 Å². The zero-order chi connectivity index (χ0) is 21.4. The summed E-state index contributed by atoms with van der Waals surface area (Å²) in [6, 6.07) is 8.85. The van der Waals surface area contributed by atoms with Gasteiger partial charge in [0.2, 0.25) is 11.8 Å². The van der Waals surface area contributed by atoms with Gasteiger partial charge in [0.15, 0.2) is 0 Å². The number of amides is 2. The van der Waals surface area contributed by atoms with E-state index >= 15 is 0 Å². The first-order chi connectivity index (χ1) is 15.0. The number of hydrogen-bond donors (Lipinski definition) is 2. The molecule has 4 aliphatic carbocycles. The van der Waals surface area contributed by atoms with Crippen LogP contribution in [0.15, 0.2) is 24.3 Å². The lowest BCUT2D eigenvalue weighted by atomic mass is 9.49. The van der Waals surface area contributed by atoms with E-state index in [1.807, 2.05) is 0 Å². The predicted molar refractivity (Wildman–Crippen MR) is 121 cm³/mol. The number of aryl methyl sites for hydroxylation is 1. The van der Waals surface area contributed by atoms with Gasteiger partial charge in [-0.05, 0) is 94.7 Å². The summed E-state index contributed by atoms with van der Waals surface area (Å²) in [4.78, 5) is 28.2. The summed E-state index contributed by atoms with van der Waals surface area (Å²) < 4.78 is 0. The molecule has 2 N–H and O–H groups in total. The van der Waals surface area contributed by atoms with Gasteiger partial charge < -0.3 is 10.6 Å². The van der Waals surface area contributed by atoms with Crippen LogP contribution in [0.25, 0.3) is 0 Å². The van der Waals surface area contributed by atoms with Crippen molar-refractivity contribution in [3.05, 3.63) is 35.4 Å². The number of carbonyl (C=O) groups excluding carboxylic acids is 2. The molecular weight excluding hydrogens is 386 g/mol. The molecule has 0 spiro atoms. The number of rotatable bonds is 7. The molecule has 1 aromatic carbocycles. The van der Waals surface area contributed by atoms with Crippen LogP contribution >= 0.6 is 0 Å². The molecule has 1 atom stereocenters. The van der Waals surface area contributed by atoms with Crippen LogP contribution in [0.3, 0.4) is 0 Å². The maximum atomic E-state index is 13.1. The Balaban J connectivity index is 1.15. The first-order valence-electron chi connectivity index (χ1n) is 12.4. The zero-order valence-electron chi connectivity index (χ0n) is 18.9. The Morgan fingerprint density at radius 3 is 2.13 bits per heavy atom. The van der Waals surface area contributed by atoms with Crippen LogP contribution in [0.4, 0.5) is 0 Å². The van der Waals surface area contributed by atoms with Crippen LogP contribution in [0.5, 0.6) is 0 Å². The first-order valence-corrected chi connectivity index (χ1v) is 12.4. The quantitative estimate of drug-likeness (QED) is 0.705. The van der Waals surface area contributed by atoms with E-state index in [4.69, 9.17) is 0 Å². The number of nitrogens with zero attached hydrogens (tertiary/aromatic N) is 1. The molecule has 168 valence electrons. The maximum absolute atomic E-state index is 13.1. The number of likely N-dealkylation sites (tertiary alicyclic amines) is 1. The zero-order valence-corrected chi connectivity index (χ0v) is 18.9. The van der Waals surface area contributed by atoms with Crippen molar-refractivity contribution in [3.63, 3.8) is 0 Å². The molecule has 5 fully saturated rings. The smallest absolute Gasteiger partial charge is 0.239 e. The Labute approximate surface area is 186 Å². The molecule has 1 aliphatic heterocycles. The van der Waals surface area contributed by atoms with Crippen molar-refractivity contribution in [2.45, 2.75) is 64.3 Å². The monoisotopic (exact) mass is 423 g/mol. The summed E-state index contributed by atoms with van der Waals surface area (Å²) in [5.41, 5.74) is 2.32. The fraction of sp³-hybridized carbons (Fsp3) is 0.692. The van der Waals surface area contributed by atoms with Crippen molar-refractivity contribution in [3.8, 4) is 0 Å². The van der Waals surface area contributed by atoms with Gasteiger partial charge in [-0.25, -0.2) is 0 Å². The Bertz CT molecular complexity index is 777. The Hall–Kier alpha value is -1.88. The minimum absolute atomic E-state index is 0.0746. The largest absolute Gasteiger partial charge is 0.353 e. The van der Waals surface area contributed by atoms with Gasteiger partial charge in [-0.1, -0.05) is 29.8 Å². The van der Waals surface area contributed by atoms with E-state index in [1.54, 1.807) is 0 Å². The number of carbonyl (C=O) groups is 2. The van der Waals surface area contributed by atoms with Gasteiger partial charge in [0.05, 0.1) is 12.6 Å². The molecular formula is C26H37N3O2. The molecule has 0 aromatic heterocycles. The van der Waals surface area contributed by atoms with E-state index in [0.717, 1.165) is 50.1 Å². The second-order valence-corrected chi connectivity index (χ2v) is 10.9. The molecule has 0 radical (unpaired) electrons. The highest BCUT2D eigenvalue weighted by molar-refractivity contribution is 5.88. The molecule has 31 heavy (non-hydrogen) atoms. The summed E-state index contributed by atoms with van der Waals surface area (Å²) >= 11 is 0. The highest BCUT2D eigenvalue weighted by atomic mass is 16.2. The first kappa shape index (κ1) is 21.0. The maximum Gasteiger partial charge on any atom is 0.239 e. The molecule has 1 saturated heterocycles. The van der Waals surface area contributed by atoms with Crippen LogP contribution in [0.2, 0.25) is 0 Å². The minimum atomic E-state index is -0.186. The Morgan fingerprint density at radius 1 is 0.968 bits per heavy atom. The lowest BCUT2D eigenvalue weighted by molar-refractivity contribution is -0.147. The molecule has 2 amide bonds. The third-order valence-corrected chi connectivity index (χ3v) is 8.47. The van der Waals surface area contributed by atoms with Crippen molar-refractivity contribution >= 4 is 11.8 Å².